The van der Waals surface area contributed by atoms with Crippen molar-refractivity contribution in [2.24, 2.45) is 11.0 Å². The molecule has 0 bridgehead atoms. The van der Waals surface area contributed by atoms with Crippen molar-refractivity contribution >= 4 is 7.36 Å². The minimum atomic E-state index is -2.15. The Hall–Kier alpha value is 0.150. The van der Waals surface area contributed by atoms with E-state index in [-0.39, 0.29) is 0 Å². The molecule has 0 amide bonds. The Morgan fingerprint density at radius 3 is 1.83 bits per heavy atom. The van der Waals surface area contributed by atoms with E-state index in [1.165, 1.54) is 0 Å². The molecular weight excluding hydrogens is 97.0 g/mol. The van der Waals surface area contributed by atoms with Crippen LogP contribution in [0.3, 0.4) is 0 Å². The molecule has 0 aliphatic rings. The summed E-state index contributed by atoms with van der Waals surface area (Å²) in [5, 5.41) is 6.85. The van der Waals surface area contributed by atoms with E-state index < -0.39 is 7.36 Å². The molecule has 0 heterocycles. The minimum absolute atomic E-state index is 0.604. The number of rotatable bonds is 1. The molecule has 3 nitrogen and oxygen atoms in total. The van der Waals surface area contributed by atoms with Crippen molar-refractivity contribution in [3.05, 3.63) is 0 Å². The largest absolute Gasteiger partial charge is 0.290 e. The lowest BCUT2D eigenvalue weighted by atomic mass is 11.0. The maximum atomic E-state index is 6.85. The molecule has 0 aromatic carbocycles. The first kappa shape index (κ1) is 6.15. The lowest BCUT2D eigenvalue weighted by molar-refractivity contribution is 1.37. The van der Waals surface area contributed by atoms with Gasteiger partial charge in [0.05, 0.1) is 7.36 Å². The average Bonchev–Trinajstić information content (AvgIpc) is 1.35. The lowest BCUT2D eigenvalue weighted by Gasteiger charge is -2.02. The van der Waals surface area contributed by atoms with Crippen LogP contribution in [-0.2, 0) is 0 Å². The second-order valence-electron chi connectivity index (χ2n) is 1.25. The quantitative estimate of drug-likeness (QED) is 0.427. The van der Waals surface area contributed by atoms with Crippen LogP contribution in [0.5, 0.6) is 0 Å². The monoisotopic (exact) mass is 107 g/mol. The smallest absolute Gasteiger partial charge is 0.0830 e. The molecule has 0 aliphatic heterocycles. The summed E-state index contributed by atoms with van der Waals surface area (Å²) in [6.07, 6.45) is 0.604. The number of hydrogen-bond acceptors (Lipinski definition) is 1. The van der Waals surface area contributed by atoms with Crippen LogP contribution in [0.1, 0.15) is 6.92 Å². The van der Waals surface area contributed by atoms with Gasteiger partial charge >= 0.3 is 0 Å². The topological polar surface area (TPSA) is 75.9 Å². The molecule has 0 saturated carbocycles. The van der Waals surface area contributed by atoms with Gasteiger partial charge in [-0.1, -0.05) is 6.92 Å². The molecule has 38 valence electrons. The van der Waals surface area contributed by atoms with Gasteiger partial charge in [0.25, 0.3) is 0 Å². The van der Waals surface area contributed by atoms with E-state index in [4.69, 9.17) is 16.2 Å². The zero-order valence-corrected chi connectivity index (χ0v) is 4.70. The Balaban J connectivity index is 3.48. The summed E-state index contributed by atoms with van der Waals surface area (Å²) in [5.74, 6) is 0. The van der Waals surface area contributed by atoms with Gasteiger partial charge in [0.1, 0.15) is 0 Å². The Morgan fingerprint density at radius 1 is 1.67 bits per heavy atom. The summed E-state index contributed by atoms with van der Waals surface area (Å²) in [4.78, 5) is 0. The molecule has 6 heavy (non-hydrogen) atoms. The van der Waals surface area contributed by atoms with Crippen molar-refractivity contribution in [1.82, 2.24) is 0 Å². The molecule has 0 spiro atoms. The van der Waals surface area contributed by atoms with E-state index in [0.717, 1.165) is 0 Å². The van der Waals surface area contributed by atoms with Crippen LogP contribution in [0.15, 0.2) is 0 Å². The molecule has 0 aromatic heterocycles. The van der Waals surface area contributed by atoms with Crippen molar-refractivity contribution < 1.29 is 0 Å². The Kier molecular flexibility index (Phi) is 1.78. The molecule has 0 rings (SSSR count). The zero-order valence-electron chi connectivity index (χ0n) is 3.81. The van der Waals surface area contributed by atoms with Crippen LogP contribution in [0.2, 0.25) is 0 Å². The molecule has 0 aliphatic carbocycles. The van der Waals surface area contributed by atoms with E-state index in [9.17, 15) is 0 Å². The van der Waals surface area contributed by atoms with Crippen LogP contribution in [-0.4, -0.2) is 6.16 Å². The van der Waals surface area contributed by atoms with E-state index in [2.05, 4.69) is 0 Å². The van der Waals surface area contributed by atoms with Gasteiger partial charge < -0.3 is 0 Å². The van der Waals surface area contributed by atoms with E-state index in [1.807, 2.05) is 6.92 Å². The fraction of sp³-hybridized carbons (Fsp3) is 1.00. The lowest BCUT2D eigenvalue weighted by Crippen LogP contribution is -2.04. The van der Waals surface area contributed by atoms with Crippen LogP contribution >= 0.6 is 7.36 Å². The van der Waals surface area contributed by atoms with Gasteiger partial charge in [-0.3, -0.25) is 16.2 Å². The van der Waals surface area contributed by atoms with E-state index in [0.29, 0.717) is 6.16 Å². The number of hydrogen-bond donors (Lipinski definition) is 3. The summed E-state index contributed by atoms with van der Waals surface area (Å²) in [6.45, 7) is 1.82. The highest BCUT2D eigenvalue weighted by molar-refractivity contribution is 7.60. The summed E-state index contributed by atoms with van der Waals surface area (Å²) < 4.78 is 0. The second-order valence-corrected chi connectivity index (χ2v) is 3.74. The SMILES string of the molecule is CCP(=N)(N)N. The summed E-state index contributed by atoms with van der Waals surface area (Å²) >= 11 is 0. The maximum Gasteiger partial charge on any atom is 0.0830 e. The van der Waals surface area contributed by atoms with Crippen molar-refractivity contribution in [1.29, 1.82) is 5.16 Å². The van der Waals surface area contributed by atoms with Gasteiger partial charge in [0, 0.05) is 6.16 Å². The standard InChI is InChI=1S/C2H10N3P/c1-2-6(3,4)5/h2H2,1H3,(H5,3,4,5). The maximum absolute atomic E-state index is 6.85. The average molecular weight is 107 g/mol. The first-order valence-electron chi connectivity index (χ1n) is 1.76. The first-order valence-corrected chi connectivity index (χ1v) is 3.88. The van der Waals surface area contributed by atoms with Crippen LogP contribution in [0.4, 0.5) is 0 Å². The number of nitrogens with one attached hydrogen (secondary N) is 1. The van der Waals surface area contributed by atoms with Crippen LogP contribution in [0.25, 0.3) is 0 Å². The van der Waals surface area contributed by atoms with Crippen molar-refractivity contribution in [2.45, 2.75) is 6.92 Å². The third-order valence-electron chi connectivity index (χ3n) is 0.523. The fourth-order valence-corrected chi connectivity index (χ4v) is 0. The fourth-order valence-electron chi connectivity index (χ4n) is 0. The van der Waals surface area contributed by atoms with Gasteiger partial charge in [-0.05, 0) is 0 Å². The summed E-state index contributed by atoms with van der Waals surface area (Å²) in [7, 11) is -2.15. The summed E-state index contributed by atoms with van der Waals surface area (Å²) in [6, 6.07) is 0. The Bertz CT molecular complexity index is 72.9. The molecule has 0 fully saturated rings. The van der Waals surface area contributed by atoms with Gasteiger partial charge in [-0.2, -0.15) is 0 Å². The highest BCUT2D eigenvalue weighted by Gasteiger charge is 1.92. The molecule has 0 saturated heterocycles. The predicted molar refractivity (Wildman–Crippen MR) is 28.6 cm³/mol. The predicted octanol–water partition coefficient (Wildman–Crippen LogP) is 0.534. The number of nitrogens with two attached hydrogens (primary N) is 2. The minimum Gasteiger partial charge on any atom is -0.290 e. The highest BCUT2D eigenvalue weighted by atomic mass is 31.2. The second kappa shape index (κ2) is 1.73. The normalized spacial score (nSPS) is 11.8. The van der Waals surface area contributed by atoms with Crippen LogP contribution < -0.4 is 11.0 Å². The van der Waals surface area contributed by atoms with Gasteiger partial charge in [0.2, 0.25) is 0 Å². The molecule has 4 heteroatoms. The van der Waals surface area contributed by atoms with Crippen LogP contribution in [0, 0.1) is 5.16 Å². The third-order valence-corrected chi connectivity index (χ3v) is 1.57. The van der Waals surface area contributed by atoms with E-state index in [1.54, 1.807) is 0 Å². The van der Waals surface area contributed by atoms with E-state index >= 15 is 0 Å². The molecule has 0 radical (unpaired) electrons. The summed E-state index contributed by atoms with van der Waals surface area (Å²) in [5.41, 5.74) is 10.2. The van der Waals surface area contributed by atoms with Gasteiger partial charge in [-0.15, -0.1) is 0 Å². The highest BCUT2D eigenvalue weighted by Crippen LogP contribution is 2.23. The van der Waals surface area contributed by atoms with Gasteiger partial charge in [-0.25, -0.2) is 0 Å². The van der Waals surface area contributed by atoms with Crippen molar-refractivity contribution in [3.63, 3.8) is 0 Å². The molecule has 5 N–H and O–H groups in total. The Morgan fingerprint density at radius 2 is 1.83 bits per heavy atom. The Labute approximate surface area is 37.7 Å². The zero-order chi connectivity index (χ0) is 5.21. The molecule has 0 aromatic rings. The van der Waals surface area contributed by atoms with Crippen molar-refractivity contribution in [3.8, 4) is 0 Å². The molecule has 0 unspecified atom stereocenters. The van der Waals surface area contributed by atoms with Gasteiger partial charge in [0.15, 0.2) is 0 Å². The molecular formula is C2H10N3P. The third kappa shape index (κ3) is 4.15. The molecule has 0 atom stereocenters. The first-order chi connectivity index (χ1) is 2.56. The van der Waals surface area contributed by atoms with Crippen molar-refractivity contribution in [2.75, 3.05) is 6.16 Å².